The molecule has 1 atom stereocenters. The van der Waals surface area contributed by atoms with Gasteiger partial charge in [-0.3, -0.25) is 19.7 Å². The van der Waals surface area contributed by atoms with E-state index in [1.54, 1.807) is 31.2 Å². The second-order valence-electron chi connectivity index (χ2n) is 6.64. The lowest BCUT2D eigenvalue weighted by atomic mass is 10.1. The zero-order valence-electron chi connectivity index (χ0n) is 15.0. The molecule has 2 amide bonds. The van der Waals surface area contributed by atoms with Crippen LogP contribution >= 0.6 is 0 Å². The van der Waals surface area contributed by atoms with Crippen LogP contribution in [0.3, 0.4) is 0 Å². The summed E-state index contributed by atoms with van der Waals surface area (Å²) in [7, 11) is 0. The van der Waals surface area contributed by atoms with Crippen LogP contribution in [0.2, 0.25) is 0 Å². The molecule has 9 heteroatoms. The van der Waals surface area contributed by atoms with Crippen LogP contribution in [-0.4, -0.2) is 30.1 Å². The van der Waals surface area contributed by atoms with E-state index in [4.69, 9.17) is 9.47 Å². The Hall–Kier alpha value is -3.62. The van der Waals surface area contributed by atoms with E-state index in [9.17, 15) is 19.7 Å². The number of nitro benzene ring substituents is 1. The first-order chi connectivity index (χ1) is 13.4. The third-order valence-corrected chi connectivity index (χ3v) is 4.92. The molecule has 28 heavy (non-hydrogen) atoms. The van der Waals surface area contributed by atoms with E-state index in [2.05, 4.69) is 5.32 Å². The Morgan fingerprint density at radius 1 is 1.25 bits per heavy atom. The Labute approximate surface area is 160 Å². The number of carbonyl (C=O) groups is 2. The predicted molar refractivity (Wildman–Crippen MR) is 99.5 cm³/mol. The predicted octanol–water partition coefficient (Wildman–Crippen LogP) is 2.62. The number of amides is 2. The van der Waals surface area contributed by atoms with Crippen molar-refractivity contribution in [3.63, 3.8) is 0 Å². The van der Waals surface area contributed by atoms with Crippen LogP contribution in [0.4, 0.5) is 17.1 Å². The Morgan fingerprint density at radius 3 is 2.82 bits per heavy atom. The van der Waals surface area contributed by atoms with Gasteiger partial charge in [0.2, 0.25) is 18.6 Å². The number of nitro groups is 1. The van der Waals surface area contributed by atoms with E-state index in [0.717, 1.165) is 0 Å². The number of hydrogen-bond acceptors (Lipinski definition) is 6. The minimum atomic E-state index is -0.559. The van der Waals surface area contributed by atoms with Crippen LogP contribution in [0.15, 0.2) is 36.4 Å². The van der Waals surface area contributed by atoms with Gasteiger partial charge < -0.3 is 19.7 Å². The number of rotatable bonds is 4. The number of nitrogens with zero attached hydrogens (tertiary/aromatic N) is 2. The van der Waals surface area contributed by atoms with Crippen LogP contribution in [0.5, 0.6) is 11.5 Å². The summed E-state index contributed by atoms with van der Waals surface area (Å²) in [4.78, 5) is 37.2. The summed E-state index contributed by atoms with van der Waals surface area (Å²) in [5, 5.41) is 13.8. The summed E-state index contributed by atoms with van der Waals surface area (Å²) in [6, 6.07) is 9.68. The van der Waals surface area contributed by atoms with E-state index in [1.165, 1.54) is 17.0 Å². The van der Waals surface area contributed by atoms with Gasteiger partial charge >= 0.3 is 0 Å². The van der Waals surface area contributed by atoms with Crippen molar-refractivity contribution in [1.29, 1.82) is 0 Å². The first-order valence-electron chi connectivity index (χ1n) is 8.69. The highest BCUT2D eigenvalue weighted by Crippen LogP contribution is 2.37. The van der Waals surface area contributed by atoms with Crippen molar-refractivity contribution < 1.29 is 24.0 Å². The van der Waals surface area contributed by atoms with Gasteiger partial charge in [0.05, 0.1) is 22.1 Å². The molecular weight excluding hydrogens is 366 g/mol. The molecule has 0 aliphatic carbocycles. The second-order valence-corrected chi connectivity index (χ2v) is 6.64. The fourth-order valence-corrected chi connectivity index (χ4v) is 3.38. The standard InChI is InChI=1S/C19H17N3O6/c1-11-14(3-2-4-15(11)22(25)26)20-19(24)12-7-18(23)21(9-12)13-5-6-16-17(8-13)28-10-27-16/h2-6,8,12H,7,9-10H2,1H3,(H,20,24). The van der Waals surface area contributed by atoms with Gasteiger partial charge in [0.1, 0.15) is 0 Å². The van der Waals surface area contributed by atoms with Gasteiger partial charge in [-0.2, -0.15) is 0 Å². The maximum Gasteiger partial charge on any atom is 0.274 e. The highest BCUT2D eigenvalue weighted by atomic mass is 16.7. The minimum absolute atomic E-state index is 0.0637. The number of ether oxygens (including phenoxy) is 2. The topological polar surface area (TPSA) is 111 Å². The molecule has 2 aliphatic heterocycles. The first-order valence-corrected chi connectivity index (χ1v) is 8.69. The summed E-state index contributed by atoms with van der Waals surface area (Å²) < 4.78 is 10.6. The van der Waals surface area contributed by atoms with Crippen LogP contribution in [0, 0.1) is 23.0 Å². The molecule has 2 aromatic rings. The van der Waals surface area contributed by atoms with Gasteiger partial charge in [-0.15, -0.1) is 0 Å². The molecule has 2 heterocycles. The minimum Gasteiger partial charge on any atom is -0.454 e. The van der Waals surface area contributed by atoms with Gasteiger partial charge in [-0.05, 0) is 25.1 Å². The molecule has 9 nitrogen and oxygen atoms in total. The summed E-state index contributed by atoms with van der Waals surface area (Å²) in [6.45, 7) is 1.94. The average Bonchev–Trinajstić information content (AvgIpc) is 3.28. The quantitative estimate of drug-likeness (QED) is 0.642. The van der Waals surface area contributed by atoms with Crippen LogP contribution in [0.1, 0.15) is 12.0 Å². The molecule has 0 radical (unpaired) electrons. The van der Waals surface area contributed by atoms with Crippen molar-refractivity contribution in [2.24, 2.45) is 5.92 Å². The lowest BCUT2D eigenvalue weighted by Crippen LogP contribution is -2.28. The first kappa shape index (κ1) is 17.8. The second kappa shape index (κ2) is 6.84. The van der Waals surface area contributed by atoms with E-state index < -0.39 is 10.8 Å². The Bertz CT molecular complexity index is 990. The average molecular weight is 383 g/mol. The molecule has 1 saturated heterocycles. The van der Waals surface area contributed by atoms with Crippen molar-refractivity contribution >= 4 is 28.9 Å². The van der Waals surface area contributed by atoms with Crippen LogP contribution in [-0.2, 0) is 9.59 Å². The maximum atomic E-state index is 12.7. The van der Waals surface area contributed by atoms with Gasteiger partial charge in [0.25, 0.3) is 5.69 Å². The number of carbonyl (C=O) groups excluding carboxylic acids is 2. The molecular formula is C19H17N3O6. The van der Waals surface area contributed by atoms with Crippen molar-refractivity contribution in [3.8, 4) is 11.5 Å². The number of nitrogens with one attached hydrogen (secondary N) is 1. The zero-order chi connectivity index (χ0) is 19.8. The highest BCUT2D eigenvalue weighted by molar-refractivity contribution is 6.04. The van der Waals surface area contributed by atoms with Crippen molar-refractivity contribution in [2.45, 2.75) is 13.3 Å². The SMILES string of the molecule is Cc1c(NC(=O)C2CC(=O)N(c3ccc4c(c3)OCO4)C2)cccc1[N+](=O)[O-]. The van der Waals surface area contributed by atoms with Gasteiger partial charge in [-0.25, -0.2) is 0 Å². The lowest BCUT2D eigenvalue weighted by Gasteiger charge is -2.17. The molecule has 144 valence electrons. The molecule has 2 aromatic carbocycles. The summed E-state index contributed by atoms with van der Waals surface area (Å²) in [5.74, 6) is 0.0998. The lowest BCUT2D eigenvalue weighted by molar-refractivity contribution is -0.385. The van der Waals surface area contributed by atoms with Gasteiger partial charge in [0, 0.05) is 30.8 Å². The van der Waals surface area contributed by atoms with E-state index in [1.807, 2.05) is 0 Å². The van der Waals surface area contributed by atoms with Crippen molar-refractivity contribution in [3.05, 3.63) is 52.1 Å². The summed E-state index contributed by atoms with van der Waals surface area (Å²) >= 11 is 0. The van der Waals surface area contributed by atoms with Crippen LogP contribution in [0.25, 0.3) is 0 Å². The van der Waals surface area contributed by atoms with Crippen molar-refractivity contribution in [2.75, 3.05) is 23.6 Å². The highest BCUT2D eigenvalue weighted by Gasteiger charge is 2.36. The largest absolute Gasteiger partial charge is 0.454 e. The monoisotopic (exact) mass is 383 g/mol. The van der Waals surface area contributed by atoms with E-state index in [0.29, 0.717) is 28.4 Å². The Balaban J connectivity index is 1.49. The third-order valence-electron chi connectivity index (χ3n) is 4.92. The van der Waals surface area contributed by atoms with Crippen molar-refractivity contribution in [1.82, 2.24) is 0 Å². The van der Waals surface area contributed by atoms with Crippen LogP contribution < -0.4 is 19.7 Å². The molecule has 0 bridgehead atoms. The number of benzene rings is 2. The molecule has 1 N–H and O–H groups in total. The molecule has 0 saturated carbocycles. The molecule has 1 unspecified atom stereocenters. The molecule has 0 aromatic heterocycles. The fraction of sp³-hybridized carbons (Fsp3) is 0.263. The molecule has 2 aliphatic rings. The third kappa shape index (κ3) is 3.11. The smallest absolute Gasteiger partial charge is 0.274 e. The fourth-order valence-electron chi connectivity index (χ4n) is 3.38. The zero-order valence-corrected chi connectivity index (χ0v) is 15.0. The normalized spacial score (nSPS) is 17.7. The van der Waals surface area contributed by atoms with E-state index >= 15 is 0 Å². The summed E-state index contributed by atoms with van der Waals surface area (Å²) in [6.07, 6.45) is 0.0637. The molecule has 1 fully saturated rings. The van der Waals surface area contributed by atoms with Gasteiger partial charge in [0.15, 0.2) is 11.5 Å². The Kier molecular flexibility index (Phi) is 4.34. The van der Waals surface area contributed by atoms with Gasteiger partial charge in [-0.1, -0.05) is 6.07 Å². The number of hydrogen-bond donors (Lipinski definition) is 1. The molecule has 4 rings (SSSR count). The van der Waals surface area contributed by atoms with E-state index in [-0.39, 0.29) is 37.3 Å². The summed E-state index contributed by atoms with van der Waals surface area (Å²) in [5.41, 5.74) is 1.31. The molecule has 0 spiro atoms. The number of anilines is 2. The maximum absolute atomic E-state index is 12.7. The Morgan fingerprint density at radius 2 is 2.04 bits per heavy atom. The number of fused-ring (bicyclic) bond motifs is 1.